The maximum atomic E-state index is 3.40. The summed E-state index contributed by atoms with van der Waals surface area (Å²) >= 11 is 0. The van der Waals surface area contributed by atoms with Crippen LogP contribution in [0.5, 0.6) is 0 Å². The Kier molecular flexibility index (Phi) is 4.19. The lowest BCUT2D eigenvalue weighted by atomic mass is 9.71. The third-order valence-corrected chi connectivity index (χ3v) is 4.13. The first kappa shape index (κ1) is 12.6. The molecule has 2 heteroatoms. The van der Waals surface area contributed by atoms with E-state index < -0.39 is 0 Å². The Balaban J connectivity index is 2.18. The molecule has 1 saturated heterocycles. The summed E-state index contributed by atoms with van der Waals surface area (Å²) in [6.45, 7) is 3.53. The minimum atomic E-state index is 0.375. The molecule has 17 heavy (non-hydrogen) atoms. The van der Waals surface area contributed by atoms with Crippen LogP contribution in [0.2, 0.25) is 0 Å². The Morgan fingerprint density at radius 3 is 2.71 bits per heavy atom. The smallest absolute Gasteiger partial charge is 0.00670 e. The minimum absolute atomic E-state index is 0.375. The van der Waals surface area contributed by atoms with Gasteiger partial charge in [0, 0.05) is 12.0 Å². The van der Waals surface area contributed by atoms with Gasteiger partial charge in [-0.1, -0.05) is 36.0 Å². The minimum Gasteiger partial charge on any atom is -0.319 e. The summed E-state index contributed by atoms with van der Waals surface area (Å²) in [6.07, 6.45) is 14.8. The van der Waals surface area contributed by atoms with Crippen molar-refractivity contribution in [2.45, 2.75) is 19.3 Å². The largest absolute Gasteiger partial charge is 0.319 e. The summed E-state index contributed by atoms with van der Waals surface area (Å²) < 4.78 is 0. The van der Waals surface area contributed by atoms with Gasteiger partial charge in [0.1, 0.15) is 0 Å². The molecule has 1 heterocycles. The first-order valence-corrected chi connectivity index (χ1v) is 6.63. The summed E-state index contributed by atoms with van der Waals surface area (Å²) in [7, 11) is 4.30. The van der Waals surface area contributed by atoms with Crippen molar-refractivity contribution in [3.05, 3.63) is 36.0 Å². The fraction of sp³-hybridized carbons (Fsp3) is 0.600. The molecule has 0 unspecified atom stereocenters. The lowest BCUT2D eigenvalue weighted by Gasteiger charge is -2.42. The number of allylic oxidation sites excluding steroid dienone is 5. The van der Waals surface area contributed by atoms with Crippen molar-refractivity contribution in [3.8, 4) is 0 Å². The molecule has 0 atom stereocenters. The van der Waals surface area contributed by atoms with E-state index >= 15 is 0 Å². The van der Waals surface area contributed by atoms with E-state index in [-0.39, 0.29) is 0 Å². The topological polar surface area (TPSA) is 15.3 Å². The van der Waals surface area contributed by atoms with Gasteiger partial charge >= 0.3 is 0 Å². The number of hydrogen-bond acceptors (Lipinski definition) is 2. The summed E-state index contributed by atoms with van der Waals surface area (Å²) in [5, 5.41) is 3.40. The second-order valence-electron chi connectivity index (χ2n) is 5.32. The molecule has 1 fully saturated rings. The molecule has 1 aliphatic carbocycles. The molecular formula is C15H24N2. The van der Waals surface area contributed by atoms with Crippen LogP contribution in [0.3, 0.4) is 0 Å². The van der Waals surface area contributed by atoms with Crippen molar-refractivity contribution in [3.63, 3.8) is 0 Å². The van der Waals surface area contributed by atoms with Crippen LogP contribution in [0.15, 0.2) is 36.0 Å². The molecule has 1 N–H and O–H groups in total. The van der Waals surface area contributed by atoms with Gasteiger partial charge in [-0.2, -0.15) is 0 Å². The van der Waals surface area contributed by atoms with Gasteiger partial charge in [0.15, 0.2) is 0 Å². The van der Waals surface area contributed by atoms with Gasteiger partial charge in [-0.05, 0) is 46.4 Å². The Labute approximate surface area is 105 Å². The maximum Gasteiger partial charge on any atom is 0.00670 e. The molecule has 2 aliphatic rings. The third kappa shape index (κ3) is 2.88. The Bertz CT molecular complexity index is 331. The Morgan fingerprint density at radius 1 is 1.24 bits per heavy atom. The number of nitrogens with one attached hydrogen (secondary N) is 1. The second-order valence-corrected chi connectivity index (χ2v) is 5.32. The SMILES string of the molecule is CNCC1(C2=CC=CC=CC2)CCN(C)CC1. The summed E-state index contributed by atoms with van der Waals surface area (Å²) in [6, 6.07) is 0. The average molecular weight is 232 g/mol. The lowest BCUT2D eigenvalue weighted by Crippen LogP contribution is -2.44. The van der Waals surface area contributed by atoms with E-state index in [9.17, 15) is 0 Å². The molecule has 0 bridgehead atoms. The molecule has 0 radical (unpaired) electrons. The van der Waals surface area contributed by atoms with E-state index in [0.29, 0.717) is 5.41 Å². The van der Waals surface area contributed by atoms with Crippen LogP contribution in [0.1, 0.15) is 19.3 Å². The Morgan fingerprint density at radius 2 is 2.00 bits per heavy atom. The van der Waals surface area contributed by atoms with Crippen LogP contribution in [-0.2, 0) is 0 Å². The van der Waals surface area contributed by atoms with Crippen molar-refractivity contribution in [1.82, 2.24) is 10.2 Å². The normalized spacial score (nSPS) is 24.5. The molecule has 0 aromatic carbocycles. The van der Waals surface area contributed by atoms with Gasteiger partial charge in [-0.25, -0.2) is 0 Å². The highest BCUT2D eigenvalue weighted by molar-refractivity contribution is 5.29. The monoisotopic (exact) mass is 232 g/mol. The van der Waals surface area contributed by atoms with E-state index in [2.05, 4.69) is 54.7 Å². The van der Waals surface area contributed by atoms with E-state index in [1.807, 2.05) is 0 Å². The predicted octanol–water partition coefficient (Wildman–Crippen LogP) is 2.36. The highest BCUT2D eigenvalue weighted by atomic mass is 15.1. The van der Waals surface area contributed by atoms with Crippen LogP contribution < -0.4 is 5.32 Å². The van der Waals surface area contributed by atoms with Crippen molar-refractivity contribution in [1.29, 1.82) is 0 Å². The van der Waals surface area contributed by atoms with Gasteiger partial charge in [0.05, 0.1) is 0 Å². The summed E-state index contributed by atoms with van der Waals surface area (Å²) in [4.78, 5) is 2.44. The van der Waals surface area contributed by atoms with Crippen LogP contribution >= 0.6 is 0 Å². The average Bonchev–Trinajstić information content (AvgIpc) is 2.62. The fourth-order valence-corrected chi connectivity index (χ4v) is 2.97. The predicted molar refractivity (Wildman–Crippen MR) is 74.1 cm³/mol. The van der Waals surface area contributed by atoms with Gasteiger partial charge in [-0.15, -0.1) is 0 Å². The molecular weight excluding hydrogens is 208 g/mol. The summed E-state index contributed by atoms with van der Waals surface area (Å²) in [5.74, 6) is 0. The molecule has 0 amide bonds. The standard InChI is InChI=1S/C15H24N2/c1-16-13-15(9-11-17(2)12-10-15)14-7-5-3-4-6-8-14/h3-7,16H,8-13H2,1-2H3. The Hall–Kier alpha value is -0.860. The highest BCUT2D eigenvalue weighted by Gasteiger charge is 2.35. The van der Waals surface area contributed by atoms with Gasteiger partial charge < -0.3 is 10.2 Å². The molecule has 0 spiro atoms. The number of rotatable bonds is 3. The van der Waals surface area contributed by atoms with Crippen molar-refractivity contribution < 1.29 is 0 Å². The molecule has 2 rings (SSSR count). The molecule has 1 aliphatic heterocycles. The second kappa shape index (κ2) is 5.65. The van der Waals surface area contributed by atoms with Crippen molar-refractivity contribution >= 4 is 0 Å². The first-order chi connectivity index (χ1) is 8.27. The third-order valence-electron chi connectivity index (χ3n) is 4.13. The van der Waals surface area contributed by atoms with Gasteiger partial charge in [0.2, 0.25) is 0 Å². The highest BCUT2D eigenvalue weighted by Crippen LogP contribution is 2.40. The van der Waals surface area contributed by atoms with E-state index in [4.69, 9.17) is 0 Å². The van der Waals surface area contributed by atoms with Crippen LogP contribution in [-0.4, -0.2) is 38.6 Å². The van der Waals surface area contributed by atoms with E-state index in [1.54, 1.807) is 5.57 Å². The summed E-state index contributed by atoms with van der Waals surface area (Å²) in [5.41, 5.74) is 1.98. The number of hydrogen-bond donors (Lipinski definition) is 1. The van der Waals surface area contributed by atoms with Crippen LogP contribution in [0.4, 0.5) is 0 Å². The fourth-order valence-electron chi connectivity index (χ4n) is 2.97. The molecule has 2 nitrogen and oxygen atoms in total. The zero-order valence-corrected chi connectivity index (χ0v) is 11.1. The van der Waals surface area contributed by atoms with E-state index in [0.717, 1.165) is 13.0 Å². The number of likely N-dealkylation sites (tertiary alicyclic amines) is 1. The first-order valence-electron chi connectivity index (χ1n) is 6.63. The zero-order chi connectivity index (χ0) is 12.1. The number of piperidine rings is 1. The van der Waals surface area contributed by atoms with Crippen molar-refractivity contribution in [2.75, 3.05) is 33.7 Å². The zero-order valence-electron chi connectivity index (χ0n) is 11.1. The molecule has 0 saturated carbocycles. The van der Waals surface area contributed by atoms with E-state index in [1.165, 1.54) is 25.9 Å². The van der Waals surface area contributed by atoms with Gasteiger partial charge in [0.25, 0.3) is 0 Å². The van der Waals surface area contributed by atoms with Crippen LogP contribution in [0, 0.1) is 5.41 Å². The number of nitrogens with zero attached hydrogens (tertiary/aromatic N) is 1. The maximum absolute atomic E-state index is 3.40. The van der Waals surface area contributed by atoms with Gasteiger partial charge in [-0.3, -0.25) is 0 Å². The lowest BCUT2D eigenvalue weighted by molar-refractivity contribution is 0.152. The molecule has 0 aromatic rings. The van der Waals surface area contributed by atoms with Crippen molar-refractivity contribution in [2.24, 2.45) is 5.41 Å². The molecule has 94 valence electrons. The molecule has 0 aromatic heterocycles. The van der Waals surface area contributed by atoms with Crippen LogP contribution in [0.25, 0.3) is 0 Å². The quantitative estimate of drug-likeness (QED) is 0.803.